The number of rotatable bonds is 1. The predicted octanol–water partition coefficient (Wildman–Crippen LogP) is 3.36. The van der Waals surface area contributed by atoms with Gasteiger partial charge in [-0.05, 0) is 31.5 Å². The average Bonchev–Trinajstić information content (AvgIpc) is 2.44. The first-order chi connectivity index (χ1) is 7.09. The standard InChI is InChI=1S/C12H13ClN2/c1-8-12(9(2)15(3)14-8)10-4-6-11(13)7-5-10/h4-7H,1-3H3. The second-order valence-electron chi connectivity index (χ2n) is 3.68. The summed E-state index contributed by atoms with van der Waals surface area (Å²) in [7, 11) is 1.96. The monoisotopic (exact) mass is 220 g/mol. The summed E-state index contributed by atoms with van der Waals surface area (Å²) in [5.41, 5.74) is 4.60. The summed E-state index contributed by atoms with van der Waals surface area (Å²) in [4.78, 5) is 0. The minimum atomic E-state index is 0.762. The zero-order valence-corrected chi connectivity index (χ0v) is 9.84. The van der Waals surface area contributed by atoms with Crippen LogP contribution in [0.1, 0.15) is 11.4 Å². The third-order valence-corrected chi connectivity index (χ3v) is 2.89. The molecule has 1 aromatic carbocycles. The molecule has 2 rings (SSSR count). The molecule has 2 nitrogen and oxygen atoms in total. The molecule has 2 aromatic rings. The smallest absolute Gasteiger partial charge is 0.0674 e. The van der Waals surface area contributed by atoms with Crippen LogP contribution in [-0.4, -0.2) is 9.78 Å². The molecule has 78 valence electrons. The lowest BCUT2D eigenvalue weighted by molar-refractivity contribution is 0.731. The van der Waals surface area contributed by atoms with Gasteiger partial charge in [0.05, 0.1) is 5.69 Å². The van der Waals surface area contributed by atoms with Gasteiger partial charge < -0.3 is 0 Å². The van der Waals surface area contributed by atoms with Crippen molar-refractivity contribution >= 4 is 11.6 Å². The highest BCUT2D eigenvalue weighted by molar-refractivity contribution is 6.30. The second-order valence-corrected chi connectivity index (χ2v) is 4.11. The highest BCUT2D eigenvalue weighted by Crippen LogP contribution is 2.27. The van der Waals surface area contributed by atoms with Crippen molar-refractivity contribution < 1.29 is 0 Å². The largest absolute Gasteiger partial charge is 0.272 e. The summed E-state index contributed by atoms with van der Waals surface area (Å²) in [6.07, 6.45) is 0. The molecule has 0 radical (unpaired) electrons. The molecule has 0 fully saturated rings. The van der Waals surface area contributed by atoms with E-state index in [0.29, 0.717) is 0 Å². The van der Waals surface area contributed by atoms with Crippen LogP contribution >= 0.6 is 11.6 Å². The van der Waals surface area contributed by atoms with Gasteiger partial charge in [0.1, 0.15) is 0 Å². The first-order valence-electron chi connectivity index (χ1n) is 4.85. The first-order valence-corrected chi connectivity index (χ1v) is 5.23. The molecule has 15 heavy (non-hydrogen) atoms. The van der Waals surface area contributed by atoms with Gasteiger partial charge in [-0.25, -0.2) is 0 Å². The van der Waals surface area contributed by atoms with Gasteiger partial charge in [-0.3, -0.25) is 4.68 Å². The molecule has 0 N–H and O–H groups in total. The Morgan fingerprint density at radius 2 is 1.73 bits per heavy atom. The molecule has 0 aliphatic rings. The molecule has 1 aromatic heterocycles. The number of hydrogen-bond acceptors (Lipinski definition) is 1. The number of halogens is 1. The lowest BCUT2D eigenvalue weighted by Gasteiger charge is -2.02. The van der Waals surface area contributed by atoms with Gasteiger partial charge in [-0.1, -0.05) is 23.7 Å². The Hall–Kier alpha value is -1.28. The maximum absolute atomic E-state index is 5.86. The number of benzene rings is 1. The van der Waals surface area contributed by atoms with E-state index in [1.165, 1.54) is 16.8 Å². The lowest BCUT2D eigenvalue weighted by Crippen LogP contribution is -1.92. The van der Waals surface area contributed by atoms with Gasteiger partial charge in [0.25, 0.3) is 0 Å². The van der Waals surface area contributed by atoms with Gasteiger partial charge >= 0.3 is 0 Å². The normalized spacial score (nSPS) is 10.7. The Bertz CT molecular complexity index is 483. The van der Waals surface area contributed by atoms with Crippen LogP contribution in [0.4, 0.5) is 0 Å². The number of nitrogens with zero attached hydrogens (tertiary/aromatic N) is 2. The van der Waals surface area contributed by atoms with Crippen LogP contribution < -0.4 is 0 Å². The lowest BCUT2D eigenvalue weighted by atomic mass is 10.0. The summed E-state index contributed by atoms with van der Waals surface area (Å²) in [6.45, 7) is 4.10. The predicted molar refractivity (Wildman–Crippen MR) is 63.1 cm³/mol. The van der Waals surface area contributed by atoms with Crippen LogP contribution in [-0.2, 0) is 7.05 Å². The molecule has 0 atom stereocenters. The summed E-state index contributed by atoms with van der Waals surface area (Å²) in [5, 5.41) is 5.16. The van der Waals surface area contributed by atoms with Crippen molar-refractivity contribution in [3.8, 4) is 11.1 Å². The van der Waals surface area contributed by atoms with Crippen molar-refractivity contribution in [2.24, 2.45) is 7.05 Å². The number of hydrogen-bond donors (Lipinski definition) is 0. The number of aromatic nitrogens is 2. The minimum Gasteiger partial charge on any atom is -0.272 e. The van der Waals surface area contributed by atoms with Crippen molar-refractivity contribution in [1.29, 1.82) is 0 Å². The van der Waals surface area contributed by atoms with E-state index >= 15 is 0 Å². The van der Waals surface area contributed by atoms with E-state index in [-0.39, 0.29) is 0 Å². The van der Waals surface area contributed by atoms with Crippen molar-refractivity contribution in [1.82, 2.24) is 9.78 Å². The van der Waals surface area contributed by atoms with E-state index in [0.717, 1.165) is 10.7 Å². The molecule has 0 bridgehead atoms. The molecule has 0 aliphatic carbocycles. The van der Waals surface area contributed by atoms with Crippen molar-refractivity contribution in [2.45, 2.75) is 13.8 Å². The molecular formula is C12H13ClN2. The van der Waals surface area contributed by atoms with E-state index in [4.69, 9.17) is 11.6 Å². The van der Waals surface area contributed by atoms with Crippen molar-refractivity contribution in [3.63, 3.8) is 0 Å². The van der Waals surface area contributed by atoms with E-state index < -0.39 is 0 Å². The molecule has 0 saturated carbocycles. The average molecular weight is 221 g/mol. The first kappa shape index (κ1) is 10.2. The van der Waals surface area contributed by atoms with Gasteiger partial charge in [0.15, 0.2) is 0 Å². The van der Waals surface area contributed by atoms with Crippen molar-refractivity contribution in [3.05, 3.63) is 40.7 Å². The Morgan fingerprint density at radius 3 is 2.20 bits per heavy atom. The Morgan fingerprint density at radius 1 is 1.13 bits per heavy atom. The topological polar surface area (TPSA) is 17.8 Å². The van der Waals surface area contributed by atoms with Gasteiger partial charge in [0, 0.05) is 23.3 Å². The molecule has 0 amide bonds. The highest BCUT2D eigenvalue weighted by atomic mass is 35.5. The molecule has 0 aliphatic heterocycles. The minimum absolute atomic E-state index is 0.762. The molecule has 1 heterocycles. The fourth-order valence-electron chi connectivity index (χ4n) is 1.81. The van der Waals surface area contributed by atoms with Crippen LogP contribution in [0.5, 0.6) is 0 Å². The summed E-state index contributed by atoms with van der Waals surface area (Å²) in [6, 6.07) is 7.87. The van der Waals surface area contributed by atoms with Gasteiger partial charge in [0.2, 0.25) is 0 Å². The zero-order valence-electron chi connectivity index (χ0n) is 9.08. The van der Waals surface area contributed by atoms with Gasteiger partial charge in [-0.15, -0.1) is 0 Å². The number of aryl methyl sites for hydroxylation is 2. The second kappa shape index (κ2) is 3.70. The molecule has 0 saturated heterocycles. The van der Waals surface area contributed by atoms with Crippen LogP contribution in [0.15, 0.2) is 24.3 Å². The fourth-order valence-corrected chi connectivity index (χ4v) is 1.93. The van der Waals surface area contributed by atoms with E-state index in [1.807, 2.05) is 42.9 Å². The summed E-state index contributed by atoms with van der Waals surface area (Å²) < 4.78 is 1.90. The van der Waals surface area contributed by atoms with Crippen LogP contribution in [0.2, 0.25) is 5.02 Å². The van der Waals surface area contributed by atoms with Gasteiger partial charge in [-0.2, -0.15) is 5.10 Å². The van der Waals surface area contributed by atoms with Crippen molar-refractivity contribution in [2.75, 3.05) is 0 Å². The fraction of sp³-hybridized carbons (Fsp3) is 0.250. The molecular weight excluding hydrogens is 208 g/mol. The van der Waals surface area contributed by atoms with E-state index in [9.17, 15) is 0 Å². The van der Waals surface area contributed by atoms with Crippen LogP contribution in [0.25, 0.3) is 11.1 Å². The molecule has 3 heteroatoms. The van der Waals surface area contributed by atoms with E-state index in [2.05, 4.69) is 12.0 Å². The third-order valence-electron chi connectivity index (χ3n) is 2.64. The quantitative estimate of drug-likeness (QED) is 0.721. The maximum atomic E-state index is 5.86. The SMILES string of the molecule is Cc1nn(C)c(C)c1-c1ccc(Cl)cc1. The van der Waals surface area contributed by atoms with Crippen LogP contribution in [0, 0.1) is 13.8 Å². The van der Waals surface area contributed by atoms with E-state index in [1.54, 1.807) is 0 Å². The molecule has 0 spiro atoms. The Balaban J connectivity index is 2.58. The maximum Gasteiger partial charge on any atom is 0.0674 e. The van der Waals surface area contributed by atoms with Crippen LogP contribution in [0.3, 0.4) is 0 Å². The third kappa shape index (κ3) is 1.77. The summed E-state index contributed by atoms with van der Waals surface area (Å²) in [5.74, 6) is 0. The Kier molecular flexibility index (Phi) is 2.53. The highest BCUT2D eigenvalue weighted by Gasteiger charge is 2.10. The zero-order chi connectivity index (χ0) is 11.0. The Labute approximate surface area is 94.5 Å². The summed E-state index contributed by atoms with van der Waals surface area (Å²) >= 11 is 5.86. The molecule has 0 unspecified atom stereocenters.